The van der Waals surface area contributed by atoms with E-state index in [0.717, 1.165) is 25.2 Å². The monoisotopic (exact) mass is 520 g/mol. The van der Waals surface area contributed by atoms with Crippen LogP contribution in [0, 0.1) is 40.4 Å². The molecule has 208 valence electrons. The van der Waals surface area contributed by atoms with Crippen LogP contribution in [0.15, 0.2) is 11.6 Å². The van der Waals surface area contributed by atoms with Crippen LogP contribution in [-0.2, 0) is 19.0 Å². The van der Waals surface area contributed by atoms with Crippen LogP contribution in [0.3, 0.4) is 0 Å². The minimum Gasteiger partial charge on any atom is -0.458 e. The van der Waals surface area contributed by atoms with Crippen LogP contribution in [0.25, 0.3) is 0 Å². The molecular formula is C29H44O8. The van der Waals surface area contributed by atoms with Gasteiger partial charge >= 0.3 is 5.97 Å². The third-order valence-corrected chi connectivity index (χ3v) is 11.9. The summed E-state index contributed by atoms with van der Waals surface area (Å²) in [6.45, 7) is 5.02. The van der Waals surface area contributed by atoms with Crippen molar-refractivity contribution in [1.82, 2.24) is 0 Å². The number of hydrogen-bond acceptors (Lipinski definition) is 8. The van der Waals surface area contributed by atoms with E-state index in [0.29, 0.717) is 30.3 Å². The summed E-state index contributed by atoms with van der Waals surface area (Å²) in [5.41, 5.74) is 1.75. The first-order valence-corrected chi connectivity index (χ1v) is 14.5. The summed E-state index contributed by atoms with van der Waals surface area (Å²) in [6.07, 6.45) is 5.71. The molecule has 0 bridgehead atoms. The second-order valence-corrected chi connectivity index (χ2v) is 13.4. The standard InChI is InChI=1S/C29H44O8/c1-28-9-7-17(36-27-26(34)25(33)24(32)22(13-30)37-27)12-16(28)3-4-18-20-6-5-19(15-11-23(31)35-14-15)29(20,2)10-8-21(18)28/h11,16-22,24-27,30,32-34H,3-10,12-14H2,1-2H3/t16-,17+,18+,19-,20+,21+,22-,24-,25+,26-,27?,28+,29-/m1/s1. The smallest absolute Gasteiger partial charge is 0.331 e. The highest BCUT2D eigenvalue weighted by Gasteiger charge is 2.61. The van der Waals surface area contributed by atoms with Gasteiger partial charge in [-0.15, -0.1) is 0 Å². The zero-order chi connectivity index (χ0) is 26.1. The van der Waals surface area contributed by atoms with Gasteiger partial charge in [0.2, 0.25) is 0 Å². The van der Waals surface area contributed by atoms with Crippen LogP contribution in [0.1, 0.15) is 71.6 Å². The lowest BCUT2D eigenvalue weighted by molar-refractivity contribution is -0.316. The Hall–Kier alpha value is -1.03. The van der Waals surface area contributed by atoms with Crippen LogP contribution >= 0.6 is 0 Å². The summed E-state index contributed by atoms with van der Waals surface area (Å²) in [5.74, 6) is 2.97. The zero-order valence-electron chi connectivity index (χ0n) is 22.1. The fraction of sp³-hybridized carbons (Fsp3) is 0.897. The average Bonchev–Trinajstić information content (AvgIpc) is 3.46. The maximum atomic E-state index is 11.8. The van der Waals surface area contributed by atoms with Gasteiger partial charge in [0.15, 0.2) is 6.29 Å². The highest BCUT2D eigenvalue weighted by molar-refractivity contribution is 5.85. The Morgan fingerprint density at radius 3 is 2.43 bits per heavy atom. The normalized spacial score (nSPS) is 53.6. The molecule has 0 spiro atoms. The summed E-state index contributed by atoms with van der Waals surface area (Å²) in [6, 6.07) is 0. The SMILES string of the molecule is C[C@]12CC[C@H](OC3O[C@H](CO)[C@@H](O)[C@H](O)[C@H]3O)C[C@H]1CC[C@@H]1[C@@H]2CC[C@]2(C)[C@@H](C3=CC(=O)OC3)CC[C@@H]12. The molecule has 0 aromatic carbocycles. The molecule has 6 rings (SSSR count). The van der Waals surface area contributed by atoms with Gasteiger partial charge in [0.05, 0.1) is 12.7 Å². The molecule has 1 saturated heterocycles. The van der Waals surface area contributed by atoms with E-state index in [9.17, 15) is 25.2 Å². The highest BCUT2D eigenvalue weighted by atomic mass is 16.7. The van der Waals surface area contributed by atoms with E-state index in [2.05, 4.69) is 13.8 Å². The van der Waals surface area contributed by atoms with Crippen LogP contribution in [0.4, 0.5) is 0 Å². The molecule has 37 heavy (non-hydrogen) atoms. The fourth-order valence-electron chi connectivity index (χ4n) is 9.91. The summed E-state index contributed by atoms with van der Waals surface area (Å²) < 4.78 is 17.1. The number of carbonyl (C=O) groups excluding carboxylic acids is 1. The Balaban J connectivity index is 1.13. The van der Waals surface area contributed by atoms with Crippen molar-refractivity contribution in [2.24, 2.45) is 40.4 Å². The van der Waals surface area contributed by atoms with Crippen molar-refractivity contribution in [2.75, 3.05) is 13.2 Å². The van der Waals surface area contributed by atoms with Gasteiger partial charge in [-0.1, -0.05) is 13.8 Å². The molecule has 13 atom stereocenters. The predicted molar refractivity (Wildman–Crippen MR) is 133 cm³/mol. The van der Waals surface area contributed by atoms with Crippen molar-refractivity contribution in [3.05, 3.63) is 11.6 Å². The van der Waals surface area contributed by atoms with E-state index >= 15 is 0 Å². The van der Waals surface area contributed by atoms with E-state index in [1.165, 1.54) is 44.1 Å². The van der Waals surface area contributed by atoms with E-state index in [4.69, 9.17) is 14.2 Å². The molecule has 0 aromatic rings. The Morgan fingerprint density at radius 1 is 0.946 bits per heavy atom. The van der Waals surface area contributed by atoms with Gasteiger partial charge in [0.25, 0.3) is 0 Å². The average molecular weight is 521 g/mol. The number of cyclic esters (lactones) is 1. The topological polar surface area (TPSA) is 126 Å². The quantitative estimate of drug-likeness (QED) is 0.329. The lowest BCUT2D eigenvalue weighted by Gasteiger charge is -2.61. The van der Waals surface area contributed by atoms with Crippen LogP contribution < -0.4 is 0 Å². The fourth-order valence-corrected chi connectivity index (χ4v) is 9.91. The van der Waals surface area contributed by atoms with E-state index in [1.807, 2.05) is 0 Å². The highest BCUT2D eigenvalue weighted by Crippen LogP contribution is 2.68. The number of fused-ring (bicyclic) bond motifs is 5. The molecule has 4 saturated carbocycles. The number of ether oxygens (including phenoxy) is 3. The number of rotatable bonds is 4. The molecule has 2 heterocycles. The van der Waals surface area contributed by atoms with Crippen molar-refractivity contribution >= 4 is 5.97 Å². The molecule has 5 fully saturated rings. The van der Waals surface area contributed by atoms with Crippen molar-refractivity contribution in [1.29, 1.82) is 0 Å². The molecule has 1 unspecified atom stereocenters. The molecule has 4 N–H and O–H groups in total. The van der Waals surface area contributed by atoms with Gasteiger partial charge in [-0.2, -0.15) is 0 Å². The molecule has 8 heteroatoms. The van der Waals surface area contributed by atoms with Crippen molar-refractivity contribution in [3.63, 3.8) is 0 Å². The number of esters is 1. The predicted octanol–water partition coefficient (Wildman–Crippen LogP) is 2.31. The van der Waals surface area contributed by atoms with Gasteiger partial charge in [-0.25, -0.2) is 4.79 Å². The molecule has 0 radical (unpaired) electrons. The van der Waals surface area contributed by atoms with Crippen molar-refractivity contribution < 1.29 is 39.4 Å². The first-order valence-electron chi connectivity index (χ1n) is 14.5. The van der Waals surface area contributed by atoms with Crippen LogP contribution in [-0.4, -0.2) is 76.4 Å². The Morgan fingerprint density at radius 2 is 1.70 bits per heavy atom. The zero-order valence-corrected chi connectivity index (χ0v) is 22.1. The van der Waals surface area contributed by atoms with Crippen LogP contribution in [0.5, 0.6) is 0 Å². The third kappa shape index (κ3) is 4.13. The number of aliphatic hydroxyl groups excluding tert-OH is 4. The number of hydrogen-bond donors (Lipinski definition) is 4. The maximum Gasteiger partial charge on any atom is 0.331 e. The van der Waals surface area contributed by atoms with Gasteiger partial charge in [0, 0.05) is 6.08 Å². The van der Waals surface area contributed by atoms with Gasteiger partial charge in [-0.05, 0) is 104 Å². The maximum absolute atomic E-state index is 11.8. The minimum absolute atomic E-state index is 0.0763. The molecular weight excluding hydrogens is 476 g/mol. The molecule has 0 aromatic heterocycles. The van der Waals surface area contributed by atoms with Gasteiger partial charge in [-0.3, -0.25) is 0 Å². The summed E-state index contributed by atoms with van der Waals surface area (Å²) in [5, 5.41) is 40.2. The molecule has 0 amide bonds. The lowest BCUT2D eigenvalue weighted by Crippen LogP contribution is -2.60. The summed E-state index contributed by atoms with van der Waals surface area (Å²) >= 11 is 0. The number of aliphatic hydroxyl groups is 4. The first-order chi connectivity index (χ1) is 17.7. The second kappa shape index (κ2) is 9.56. The van der Waals surface area contributed by atoms with Crippen molar-refractivity contribution in [3.8, 4) is 0 Å². The number of carbonyl (C=O) groups is 1. The molecule has 4 aliphatic carbocycles. The lowest BCUT2D eigenvalue weighted by atomic mass is 9.44. The largest absolute Gasteiger partial charge is 0.458 e. The second-order valence-electron chi connectivity index (χ2n) is 13.4. The van der Waals surface area contributed by atoms with Gasteiger partial charge < -0.3 is 34.6 Å². The molecule has 2 aliphatic heterocycles. The Kier molecular flexibility index (Phi) is 6.77. The molecule has 8 nitrogen and oxygen atoms in total. The van der Waals surface area contributed by atoms with Crippen LogP contribution in [0.2, 0.25) is 0 Å². The Labute approximate surface area is 219 Å². The first kappa shape index (κ1) is 26.2. The summed E-state index contributed by atoms with van der Waals surface area (Å²) in [4.78, 5) is 11.8. The van der Waals surface area contributed by atoms with E-state index < -0.39 is 37.3 Å². The minimum atomic E-state index is -1.41. The van der Waals surface area contributed by atoms with E-state index in [1.54, 1.807) is 6.08 Å². The molecule has 6 aliphatic rings. The van der Waals surface area contributed by atoms with Gasteiger partial charge in [0.1, 0.15) is 31.0 Å². The third-order valence-electron chi connectivity index (χ3n) is 11.9. The van der Waals surface area contributed by atoms with E-state index in [-0.39, 0.29) is 22.9 Å². The Bertz CT molecular complexity index is 920. The van der Waals surface area contributed by atoms with Crippen molar-refractivity contribution in [2.45, 2.75) is 108 Å². The summed E-state index contributed by atoms with van der Waals surface area (Å²) in [7, 11) is 0.